The van der Waals surface area contributed by atoms with Crippen LogP contribution in [0.4, 0.5) is 5.69 Å². The number of hydrogen-bond donors (Lipinski definition) is 1. The van der Waals surface area contributed by atoms with Crippen molar-refractivity contribution in [1.29, 1.82) is 0 Å². The van der Waals surface area contributed by atoms with Crippen LogP contribution in [0.25, 0.3) is 0 Å². The van der Waals surface area contributed by atoms with E-state index in [0.29, 0.717) is 22.7 Å². The van der Waals surface area contributed by atoms with Gasteiger partial charge in [-0.05, 0) is 32.9 Å². The van der Waals surface area contributed by atoms with Gasteiger partial charge < -0.3 is 5.32 Å². The number of carbonyl (C=O) groups excluding carboxylic acids is 3. The third kappa shape index (κ3) is 4.05. The number of thioether (sulfide) groups is 1. The number of benzene rings is 1. The topological polar surface area (TPSA) is 84.3 Å². The van der Waals surface area contributed by atoms with Gasteiger partial charge in [0.2, 0.25) is 11.8 Å². The predicted octanol–water partition coefficient (Wildman–Crippen LogP) is 2.96. The average molecular weight is 386 g/mol. The van der Waals surface area contributed by atoms with E-state index in [-0.39, 0.29) is 30.2 Å². The summed E-state index contributed by atoms with van der Waals surface area (Å²) >= 11 is 1.26. The third-order valence-corrected chi connectivity index (χ3v) is 5.57. The first-order chi connectivity index (χ1) is 12.9. The minimum absolute atomic E-state index is 0.161. The van der Waals surface area contributed by atoms with Gasteiger partial charge in [0.15, 0.2) is 0 Å². The Hall–Kier alpha value is -2.61. The molecule has 1 atom stereocenters. The molecule has 1 aromatic heterocycles. The zero-order valence-corrected chi connectivity index (χ0v) is 16.3. The van der Waals surface area contributed by atoms with Crippen LogP contribution in [-0.2, 0) is 9.59 Å². The smallest absolute Gasteiger partial charge is 0.256 e. The molecule has 3 amide bonds. The second-order valence-electron chi connectivity index (χ2n) is 6.54. The fourth-order valence-electron chi connectivity index (χ4n) is 2.87. The van der Waals surface area contributed by atoms with Crippen LogP contribution in [0.5, 0.6) is 0 Å². The van der Waals surface area contributed by atoms with Gasteiger partial charge in [-0.3, -0.25) is 24.0 Å². The highest BCUT2D eigenvalue weighted by Gasteiger charge is 2.38. The van der Waals surface area contributed by atoms with E-state index in [1.807, 2.05) is 19.9 Å². The van der Waals surface area contributed by atoms with Crippen molar-refractivity contribution in [2.75, 3.05) is 11.9 Å². The fourth-order valence-corrected chi connectivity index (χ4v) is 4.08. The van der Waals surface area contributed by atoms with Crippen LogP contribution in [0.15, 0.2) is 41.6 Å². The van der Waals surface area contributed by atoms with Crippen molar-refractivity contribution in [3.63, 3.8) is 0 Å². The number of rotatable bonds is 6. The van der Waals surface area contributed by atoms with Crippen molar-refractivity contribution in [1.82, 2.24) is 14.7 Å². The number of carbonyl (C=O) groups is 3. The van der Waals surface area contributed by atoms with Crippen LogP contribution in [0, 0.1) is 0 Å². The van der Waals surface area contributed by atoms with Crippen LogP contribution >= 0.6 is 11.8 Å². The zero-order chi connectivity index (χ0) is 19.6. The Kier molecular flexibility index (Phi) is 5.65. The summed E-state index contributed by atoms with van der Waals surface area (Å²) in [5.41, 5.74) is 1.08. The highest BCUT2D eigenvalue weighted by molar-refractivity contribution is 8.00. The Morgan fingerprint density at radius 2 is 2.07 bits per heavy atom. The lowest BCUT2D eigenvalue weighted by atomic mass is 10.2. The number of likely N-dealkylation sites (tertiary alicyclic amines) is 1. The van der Waals surface area contributed by atoms with E-state index in [4.69, 9.17) is 0 Å². The molecule has 1 fully saturated rings. The second kappa shape index (κ2) is 7.96. The van der Waals surface area contributed by atoms with E-state index in [2.05, 4.69) is 10.4 Å². The fraction of sp³-hybridized carbons (Fsp3) is 0.368. The van der Waals surface area contributed by atoms with Crippen molar-refractivity contribution in [3.8, 4) is 0 Å². The Balaban J connectivity index is 1.76. The summed E-state index contributed by atoms with van der Waals surface area (Å²) in [6.45, 7) is 6.16. The van der Waals surface area contributed by atoms with Gasteiger partial charge in [-0.2, -0.15) is 5.10 Å². The number of hydrogen-bond acceptors (Lipinski definition) is 5. The van der Waals surface area contributed by atoms with Crippen molar-refractivity contribution in [2.45, 2.75) is 43.4 Å². The zero-order valence-electron chi connectivity index (χ0n) is 15.5. The number of amides is 3. The Morgan fingerprint density at radius 3 is 2.70 bits per heavy atom. The molecular weight excluding hydrogens is 364 g/mol. The van der Waals surface area contributed by atoms with Gasteiger partial charge in [0.05, 0.1) is 22.7 Å². The largest absolute Gasteiger partial charge is 0.319 e. The molecule has 7 nitrogen and oxygen atoms in total. The monoisotopic (exact) mass is 386 g/mol. The van der Waals surface area contributed by atoms with Crippen molar-refractivity contribution >= 4 is 35.2 Å². The number of anilines is 1. The minimum atomic E-state index is -0.491. The van der Waals surface area contributed by atoms with Crippen LogP contribution in [0.1, 0.15) is 43.6 Å². The molecule has 1 aliphatic heterocycles. The quantitative estimate of drug-likeness (QED) is 0.772. The lowest BCUT2D eigenvalue weighted by molar-refractivity contribution is -0.137. The summed E-state index contributed by atoms with van der Waals surface area (Å²) in [6, 6.07) is 7.30. The molecule has 3 rings (SSSR count). The van der Waals surface area contributed by atoms with Crippen LogP contribution in [-0.4, -0.2) is 44.2 Å². The molecule has 0 bridgehead atoms. The molecule has 142 valence electrons. The molecule has 0 saturated carbocycles. The van der Waals surface area contributed by atoms with E-state index >= 15 is 0 Å². The third-order valence-electron chi connectivity index (χ3n) is 4.31. The standard InChI is InChI=1S/C19H22N4O3S/c1-4-22-17(24)9-16(19(22)26)27-15-8-6-5-7-14(15)18(25)21-13-10-20-23(11-13)12(2)3/h5-8,10-12,16H,4,9H2,1-3H3,(H,21,25). The highest BCUT2D eigenvalue weighted by Crippen LogP contribution is 2.33. The second-order valence-corrected chi connectivity index (χ2v) is 7.78. The minimum Gasteiger partial charge on any atom is -0.319 e. The molecule has 1 unspecified atom stereocenters. The van der Waals surface area contributed by atoms with Crippen molar-refractivity contribution in [2.24, 2.45) is 0 Å². The van der Waals surface area contributed by atoms with Crippen LogP contribution in [0.3, 0.4) is 0 Å². The molecule has 8 heteroatoms. The molecule has 1 aliphatic rings. The summed E-state index contributed by atoms with van der Waals surface area (Å²) in [5.74, 6) is -0.630. The van der Waals surface area contributed by atoms with Gasteiger partial charge in [0.1, 0.15) is 0 Å². The van der Waals surface area contributed by atoms with Gasteiger partial charge >= 0.3 is 0 Å². The molecule has 1 saturated heterocycles. The summed E-state index contributed by atoms with van der Waals surface area (Å²) in [7, 11) is 0. The molecule has 0 radical (unpaired) electrons. The summed E-state index contributed by atoms with van der Waals surface area (Å²) < 4.78 is 1.76. The average Bonchev–Trinajstić information content (AvgIpc) is 3.20. The first-order valence-corrected chi connectivity index (χ1v) is 9.74. The van der Waals surface area contributed by atoms with E-state index in [1.54, 1.807) is 42.2 Å². The predicted molar refractivity (Wildman–Crippen MR) is 104 cm³/mol. The molecule has 27 heavy (non-hydrogen) atoms. The van der Waals surface area contributed by atoms with Crippen molar-refractivity contribution in [3.05, 3.63) is 42.2 Å². The maximum atomic E-state index is 12.7. The Labute approximate surface area is 162 Å². The molecule has 0 spiro atoms. The number of imide groups is 1. The number of aromatic nitrogens is 2. The summed E-state index contributed by atoms with van der Waals surface area (Å²) in [6.07, 6.45) is 3.54. The molecule has 1 aromatic carbocycles. The van der Waals surface area contributed by atoms with Crippen LogP contribution < -0.4 is 5.32 Å². The molecule has 1 N–H and O–H groups in total. The van der Waals surface area contributed by atoms with E-state index in [0.717, 1.165) is 0 Å². The molecule has 2 heterocycles. The number of nitrogens with one attached hydrogen (secondary N) is 1. The first-order valence-electron chi connectivity index (χ1n) is 8.86. The molecule has 2 aromatic rings. The van der Waals surface area contributed by atoms with E-state index in [1.165, 1.54) is 16.7 Å². The molecule has 0 aliphatic carbocycles. The van der Waals surface area contributed by atoms with Gasteiger partial charge in [0.25, 0.3) is 5.91 Å². The summed E-state index contributed by atoms with van der Waals surface area (Å²) in [4.78, 5) is 39.0. The first kappa shape index (κ1) is 19.2. The number of nitrogens with zero attached hydrogens (tertiary/aromatic N) is 3. The van der Waals surface area contributed by atoms with Gasteiger partial charge in [-0.1, -0.05) is 12.1 Å². The van der Waals surface area contributed by atoms with Gasteiger partial charge in [-0.15, -0.1) is 11.8 Å². The lowest BCUT2D eigenvalue weighted by Gasteiger charge is -2.13. The van der Waals surface area contributed by atoms with Crippen LogP contribution in [0.2, 0.25) is 0 Å². The van der Waals surface area contributed by atoms with E-state index < -0.39 is 5.25 Å². The maximum absolute atomic E-state index is 12.7. The lowest BCUT2D eigenvalue weighted by Crippen LogP contribution is -2.30. The SMILES string of the molecule is CCN1C(=O)CC(Sc2ccccc2C(=O)Nc2cnn(C(C)C)c2)C1=O. The molecular formula is C19H22N4O3S. The van der Waals surface area contributed by atoms with Crippen molar-refractivity contribution < 1.29 is 14.4 Å². The van der Waals surface area contributed by atoms with Gasteiger partial charge in [0, 0.05) is 30.1 Å². The highest BCUT2D eigenvalue weighted by atomic mass is 32.2. The normalized spacial score (nSPS) is 17.0. The maximum Gasteiger partial charge on any atom is 0.256 e. The summed E-state index contributed by atoms with van der Waals surface area (Å²) in [5, 5.41) is 6.56. The van der Waals surface area contributed by atoms with E-state index in [9.17, 15) is 14.4 Å². The Morgan fingerprint density at radius 1 is 1.33 bits per heavy atom. The Bertz CT molecular complexity index is 877. The van der Waals surface area contributed by atoms with Gasteiger partial charge in [-0.25, -0.2) is 0 Å².